The van der Waals surface area contributed by atoms with Crippen LogP contribution in [0.15, 0.2) is 0 Å². The van der Waals surface area contributed by atoms with Gasteiger partial charge in [0.15, 0.2) is 0 Å². The summed E-state index contributed by atoms with van der Waals surface area (Å²) in [4.78, 5) is 0. The summed E-state index contributed by atoms with van der Waals surface area (Å²) in [6.45, 7) is 5.93. The molecule has 3 fully saturated rings. The minimum absolute atomic E-state index is 0.313. The lowest BCUT2D eigenvalue weighted by Gasteiger charge is -2.44. The fourth-order valence-corrected chi connectivity index (χ4v) is 4.53. The zero-order valence-corrected chi connectivity index (χ0v) is 11.2. The SMILES string of the molecule is CC1CNCCC1C1CCOC2(CCCC2)C1. The highest BCUT2D eigenvalue weighted by atomic mass is 16.5. The third-order valence-corrected chi connectivity index (χ3v) is 5.50. The maximum Gasteiger partial charge on any atom is 0.0685 e. The summed E-state index contributed by atoms with van der Waals surface area (Å²) in [6, 6.07) is 0. The second kappa shape index (κ2) is 4.89. The molecule has 1 spiro atoms. The highest BCUT2D eigenvalue weighted by Gasteiger charge is 2.43. The van der Waals surface area contributed by atoms with E-state index in [1.54, 1.807) is 0 Å². The summed E-state index contributed by atoms with van der Waals surface area (Å²) in [5, 5.41) is 3.53. The lowest BCUT2D eigenvalue weighted by Crippen LogP contribution is -2.44. The molecule has 3 rings (SSSR count). The Bertz CT molecular complexity index is 260. The summed E-state index contributed by atoms with van der Waals surface area (Å²) in [5.74, 6) is 2.77. The molecule has 0 radical (unpaired) electrons. The van der Waals surface area contributed by atoms with Gasteiger partial charge in [-0.05, 0) is 62.9 Å². The minimum Gasteiger partial charge on any atom is -0.375 e. The summed E-state index contributed by atoms with van der Waals surface area (Å²) in [5.41, 5.74) is 0.313. The molecule has 17 heavy (non-hydrogen) atoms. The number of hydrogen-bond acceptors (Lipinski definition) is 2. The second-order valence-electron chi connectivity index (χ2n) is 6.63. The molecular weight excluding hydrogens is 210 g/mol. The van der Waals surface area contributed by atoms with Crippen molar-refractivity contribution >= 4 is 0 Å². The van der Waals surface area contributed by atoms with Crippen LogP contribution in [-0.2, 0) is 4.74 Å². The molecule has 0 amide bonds. The van der Waals surface area contributed by atoms with Crippen molar-refractivity contribution in [3.63, 3.8) is 0 Å². The van der Waals surface area contributed by atoms with Crippen molar-refractivity contribution in [1.29, 1.82) is 0 Å². The average Bonchev–Trinajstić information content (AvgIpc) is 2.78. The Morgan fingerprint density at radius 2 is 2.00 bits per heavy atom. The van der Waals surface area contributed by atoms with Crippen LogP contribution in [0.1, 0.15) is 51.9 Å². The van der Waals surface area contributed by atoms with Crippen molar-refractivity contribution in [2.45, 2.75) is 57.5 Å². The highest BCUT2D eigenvalue weighted by Crippen LogP contribution is 2.46. The first-order chi connectivity index (χ1) is 8.29. The lowest BCUT2D eigenvalue weighted by molar-refractivity contribution is -0.107. The first-order valence-electron chi connectivity index (χ1n) is 7.64. The number of piperidine rings is 1. The highest BCUT2D eigenvalue weighted by molar-refractivity contribution is 4.94. The van der Waals surface area contributed by atoms with E-state index in [0.29, 0.717) is 5.60 Å². The summed E-state index contributed by atoms with van der Waals surface area (Å²) < 4.78 is 6.17. The van der Waals surface area contributed by atoms with Crippen molar-refractivity contribution in [3.8, 4) is 0 Å². The van der Waals surface area contributed by atoms with Gasteiger partial charge in [-0.1, -0.05) is 19.8 Å². The van der Waals surface area contributed by atoms with Crippen LogP contribution in [0, 0.1) is 17.8 Å². The first kappa shape index (κ1) is 12.0. The van der Waals surface area contributed by atoms with E-state index in [0.717, 1.165) is 24.4 Å². The van der Waals surface area contributed by atoms with Crippen molar-refractivity contribution < 1.29 is 4.74 Å². The van der Waals surface area contributed by atoms with E-state index in [4.69, 9.17) is 4.74 Å². The van der Waals surface area contributed by atoms with Gasteiger partial charge >= 0.3 is 0 Å². The third kappa shape index (κ3) is 2.39. The summed E-state index contributed by atoms with van der Waals surface area (Å²) >= 11 is 0. The van der Waals surface area contributed by atoms with Crippen molar-refractivity contribution in [2.24, 2.45) is 17.8 Å². The van der Waals surface area contributed by atoms with Crippen LogP contribution in [0.3, 0.4) is 0 Å². The van der Waals surface area contributed by atoms with Crippen LogP contribution >= 0.6 is 0 Å². The molecule has 0 aromatic carbocycles. The molecule has 2 saturated heterocycles. The van der Waals surface area contributed by atoms with Gasteiger partial charge in [-0.2, -0.15) is 0 Å². The minimum atomic E-state index is 0.313. The van der Waals surface area contributed by atoms with Gasteiger partial charge < -0.3 is 10.1 Å². The van der Waals surface area contributed by atoms with E-state index in [-0.39, 0.29) is 0 Å². The van der Waals surface area contributed by atoms with Crippen LogP contribution in [0.5, 0.6) is 0 Å². The van der Waals surface area contributed by atoms with Crippen molar-refractivity contribution in [1.82, 2.24) is 5.32 Å². The van der Waals surface area contributed by atoms with Gasteiger partial charge in [-0.25, -0.2) is 0 Å². The fraction of sp³-hybridized carbons (Fsp3) is 1.00. The average molecular weight is 237 g/mol. The largest absolute Gasteiger partial charge is 0.375 e. The molecule has 0 aromatic heterocycles. The van der Waals surface area contributed by atoms with E-state index in [2.05, 4.69) is 12.2 Å². The smallest absolute Gasteiger partial charge is 0.0685 e. The number of rotatable bonds is 1. The Balaban J connectivity index is 1.66. The molecule has 2 aliphatic heterocycles. The molecule has 1 aliphatic carbocycles. The quantitative estimate of drug-likeness (QED) is 0.757. The molecule has 2 nitrogen and oxygen atoms in total. The van der Waals surface area contributed by atoms with Gasteiger partial charge in [0.1, 0.15) is 0 Å². The lowest BCUT2D eigenvalue weighted by atomic mass is 9.71. The topological polar surface area (TPSA) is 21.3 Å². The van der Waals surface area contributed by atoms with E-state index in [1.807, 2.05) is 0 Å². The molecule has 3 unspecified atom stereocenters. The second-order valence-corrected chi connectivity index (χ2v) is 6.63. The van der Waals surface area contributed by atoms with Crippen LogP contribution in [0.2, 0.25) is 0 Å². The molecule has 3 aliphatic rings. The molecule has 3 atom stereocenters. The standard InChI is InChI=1S/C15H27NO/c1-12-11-16-8-4-14(12)13-5-9-17-15(10-13)6-2-3-7-15/h12-14,16H,2-11H2,1H3. The Kier molecular flexibility index (Phi) is 3.45. The summed E-state index contributed by atoms with van der Waals surface area (Å²) in [7, 11) is 0. The zero-order chi connectivity index (χ0) is 11.7. The third-order valence-electron chi connectivity index (χ3n) is 5.50. The Hall–Kier alpha value is -0.0800. The van der Waals surface area contributed by atoms with E-state index in [9.17, 15) is 0 Å². The molecule has 0 bridgehead atoms. The molecule has 0 aromatic rings. The van der Waals surface area contributed by atoms with Gasteiger partial charge in [0.25, 0.3) is 0 Å². The Morgan fingerprint density at radius 1 is 1.18 bits per heavy atom. The van der Waals surface area contributed by atoms with Gasteiger partial charge in [0, 0.05) is 6.61 Å². The van der Waals surface area contributed by atoms with Crippen molar-refractivity contribution in [2.75, 3.05) is 19.7 Å². The van der Waals surface area contributed by atoms with Gasteiger partial charge in [0.2, 0.25) is 0 Å². The Labute approximate surface area is 105 Å². The summed E-state index contributed by atoms with van der Waals surface area (Å²) in [6.07, 6.45) is 9.54. The molecular formula is C15H27NO. The first-order valence-corrected chi connectivity index (χ1v) is 7.64. The van der Waals surface area contributed by atoms with Crippen LogP contribution in [0.4, 0.5) is 0 Å². The van der Waals surface area contributed by atoms with E-state index in [1.165, 1.54) is 58.0 Å². The number of hydrogen-bond donors (Lipinski definition) is 1. The normalized spacial score (nSPS) is 41.8. The van der Waals surface area contributed by atoms with Crippen LogP contribution in [-0.4, -0.2) is 25.3 Å². The van der Waals surface area contributed by atoms with Gasteiger partial charge in [0.05, 0.1) is 5.60 Å². The van der Waals surface area contributed by atoms with Gasteiger partial charge in [-0.15, -0.1) is 0 Å². The maximum absolute atomic E-state index is 6.17. The monoisotopic (exact) mass is 237 g/mol. The van der Waals surface area contributed by atoms with E-state index >= 15 is 0 Å². The maximum atomic E-state index is 6.17. The predicted molar refractivity (Wildman–Crippen MR) is 70.0 cm³/mol. The molecule has 1 saturated carbocycles. The molecule has 1 N–H and O–H groups in total. The van der Waals surface area contributed by atoms with E-state index < -0.39 is 0 Å². The van der Waals surface area contributed by atoms with Crippen LogP contribution in [0.25, 0.3) is 0 Å². The zero-order valence-electron chi connectivity index (χ0n) is 11.2. The van der Waals surface area contributed by atoms with Crippen molar-refractivity contribution in [3.05, 3.63) is 0 Å². The van der Waals surface area contributed by atoms with Gasteiger partial charge in [-0.3, -0.25) is 0 Å². The number of nitrogens with one attached hydrogen (secondary N) is 1. The predicted octanol–water partition coefficient (Wildman–Crippen LogP) is 2.97. The Morgan fingerprint density at radius 3 is 2.76 bits per heavy atom. The fourth-order valence-electron chi connectivity index (χ4n) is 4.53. The molecule has 98 valence electrons. The molecule has 2 heteroatoms. The molecule has 2 heterocycles. The van der Waals surface area contributed by atoms with Crippen LogP contribution < -0.4 is 5.32 Å². The number of ether oxygens (including phenoxy) is 1.